The van der Waals surface area contributed by atoms with Gasteiger partial charge in [-0.05, 0) is 49.4 Å². The van der Waals surface area contributed by atoms with Crippen LogP contribution in [-0.2, 0) is 65.4 Å². The lowest BCUT2D eigenvalue weighted by atomic mass is 10.0. The van der Waals surface area contributed by atoms with E-state index < -0.39 is 97.5 Å². The van der Waals surface area contributed by atoms with Gasteiger partial charge in [-0.25, -0.2) is 9.13 Å². The van der Waals surface area contributed by atoms with Gasteiger partial charge < -0.3 is 33.8 Å². The second kappa shape index (κ2) is 65.4. The highest BCUT2D eigenvalue weighted by atomic mass is 31.2. The molecule has 3 N–H and O–H groups in total. The predicted molar refractivity (Wildman–Crippen MR) is 386 cm³/mol. The van der Waals surface area contributed by atoms with E-state index in [2.05, 4.69) is 55.4 Å². The fourth-order valence-electron chi connectivity index (χ4n) is 11.6. The molecule has 0 saturated carbocycles. The minimum absolute atomic E-state index is 0.105. The molecule has 19 heteroatoms. The highest BCUT2D eigenvalue weighted by Crippen LogP contribution is 2.45. The number of phosphoric ester groups is 2. The molecule has 0 spiro atoms. The maximum Gasteiger partial charge on any atom is 0.472 e. The van der Waals surface area contributed by atoms with Gasteiger partial charge in [0.25, 0.3) is 0 Å². The van der Waals surface area contributed by atoms with Gasteiger partial charge in [0.15, 0.2) is 12.2 Å². The Morgan fingerprint density at radius 3 is 0.653 bits per heavy atom. The van der Waals surface area contributed by atoms with Crippen LogP contribution in [0, 0.1) is 23.7 Å². The van der Waals surface area contributed by atoms with Crippen molar-refractivity contribution in [2.24, 2.45) is 23.7 Å². The summed E-state index contributed by atoms with van der Waals surface area (Å²) in [5.74, 6) is 0.903. The molecule has 0 aliphatic carbocycles. The average Bonchev–Trinajstić information content (AvgIpc) is 1.97. The Morgan fingerprint density at radius 2 is 0.442 bits per heavy atom. The summed E-state index contributed by atoms with van der Waals surface area (Å²) in [4.78, 5) is 72.8. The Balaban J connectivity index is 5.22. The molecular formula is C76H148O17P2. The van der Waals surface area contributed by atoms with Crippen LogP contribution in [0.4, 0.5) is 0 Å². The van der Waals surface area contributed by atoms with Gasteiger partial charge in [0.1, 0.15) is 19.3 Å². The quantitative estimate of drug-likeness (QED) is 0.0222. The minimum Gasteiger partial charge on any atom is -0.462 e. The molecule has 95 heavy (non-hydrogen) atoms. The van der Waals surface area contributed by atoms with Gasteiger partial charge in [0.05, 0.1) is 26.4 Å². The minimum atomic E-state index is -4.96. The summed E-state index contributed by atoms with van der Waals surface area (Å²) in [5.41, 5.74) is 0. The third-order valence-corrected chi connectivity index (χ3v) is 19.5. The van der Waals surface area contributed by atoms with E-state index >= 15 is 0 Å². The molecule has 0 rings (SSSR count). The first kappa shape index (κ1) is 93.1. The second-order valence-electron chi connectivity index (χ2n) is 29.3. The molecule has 3 unspecified atom stereocenters. The summed E-state index contributed by atoms with van der Waals surface area (Å²) in [6.45, 7) is 14.2. The molecular weight excluding hydrogens is 1250 g/mol. The van der Waals surface area contributed by atoms with E-state index in [0.29, 0.717) is 31.6 Å². The van der Waals surface area contributed by atoms with Crippen LogP contribution in [0.5, 0.6) is 0 Å². The number of unbranched alkanes of at least 4 members (excludes halogenated alkanes) is 39. The van der Waals surface area contributed by atoms with Gasteiger partial charge in [-0.1, -0.05) is 331 Å². The van der Waals surface area contributed by atoms with E-state index in [0.717, 1.165) is 114 Å². The molecule has 0 bridgehead atoms. The molecule has 0 amide bonds. The predicted octanol–water partition coefficient (Wildman–Crippen LogP) is 22.0. The first-order chi connectivity index (χ1) is 45.6. The third kappa shape index (κ3) is 70.3. The Labute approximate surface area is 581 Å². The van der Waals surface area contributed by atoms with Crippen molar-refractivity contribution in [3.8, 4) is 0 Å². The largest absolute Gasteiger partial charge is 0.472 e. The molecule has 0 radical (unpaired) electrons. The van der Waals surface area contributed by atoms with Gasteiger partial charge in [-0.3, -0.25) is 37.3 Å². The van der Waals surface area contributed by atoms with Crippen LogP contribution in [0.25, 0.3) is 0 Å². The smallest absolute Gasteiger partial charge is 0.462 e. The zero-order valence-corrected chi connectivity index (χ0v) is 64.1. The van der Waals surface area contributed by atoms with Gasteiger partial charge in [0.2, 0.25) is 0 Å². The SMILES string of the molecule is CC(C)CCCCCCCCCCCCCCCCCC(=O)OC[C@H](COP(=O)(O)OCC(O)COP(=O)(O)OC[C@@H](COC(=O)CCCCCCCCCC(C)C)OC(=O)CCCCCCCCCCCCCCC(C)C)OC(=O)CCCCCCCCCCCC(C)C. The van der Waals surface area contributed by atoms with Crippen molar-refractivity contribution in [3.05, 3.63) is 0 Å². The first-order valence-electron chi connectivity index (χ1n) is 39.2. The molecule has 0 aromatic rings. The molecule has 0 saturated heterocycles. The Morgan fingerprint density at radius 1 is 0.263 bits per heavy atom. The number of hydrogen-bond donors (Lipinski definition) is 3. The van der Waals surface area contributed by atoms with Crippen molar-refractivity contribution in [2.45, 2.75) is 401 Å². The van der Waals surface area contributed by atoms with Crippen molar-refractivity contribution in [1.29, 1.82) is 0 Å². The number of carbonyl (C=O) groups excluding carboxylic acids is 4. The molecule has 5 atom stereocenters. The van der Waals surface area contributed by atoms with Gasteiger partial charge >= 0.3 is 39.5 Å². The molecule has 0 aromatic heterocycles. The molecule has 0 aromatic carbocycles. The lowest BCUT2D eigenvalue weighted by Gasteiger charge is -2.21. The number of aliphatic hydroxyl groups excluding tert-OH is 1. The van der Waals surface area contributed by atoms with Gasteiger partial charge in [0, 0.05) is 25.7 Å². The topological polar surface area (TPSA) is 237 Å². The highest BCUT2D eigenvalue weighted by molar-refractivity contribution is 7.47. The number of ether oxygens (including phenoxy) is 4. The fourth-order valence-corrected chi connectivity index (χ4v) is 13.1. The fraction of sp³-hybridized carbons (Fsp3) is 0.947. The van der Waals surface area contributed by atoms with Crippen molar-refractivity contribution < 1.29 is 80.2 Å². The van der Waals surface area contributed by atoms with Crippen LogP contribution in [0.2, 0.25) is 0 Å². The van der Waals surface area contributed by atoms with Crippen molar-refractivity contribution in [2.75, 3.05) is 39.6 Å². The summed E-state index contributed by atoms with van der Waals surface area (Å²) in [6.07, 6.45) is 50.1. The molecule has 0 aliphatic rings. The van der Waals surface area contributed by atoms with Crippen LogP contribution in [-0.4, -0.2) is 96.7 Å². The van der Waals surface area contributed by atoms with Gasteiger partial charge in [-0.2, -0.15) is 0 Å². The number of esters is 4. The maximum atomic E-state index is 13.1. The molecule has 0 fully saturated rings. The maximum absolute atomic E-state index is 13.1. The van der Waals surface area contributed by atoms with Crippen molar-refractivity contribution in [3.63, 3.8) is 0 Å². The van der Waals surface area contributed by atoms with Crippen molar-refractivity contribution >= 4 is 39.5 Å². The van der Waals surface area contributed by atoms with Crippen molar-refractivity contribution in [1.82, 2.24) is 0 Å². The van der Waals surface area contributed by atoms with Crippen LogP contribution in [0.3, 0.4) is 0 Å². The van der Waals surface area contributed by atoms with Crippen LogP contribution < -0.4 is 0 Å². The number of aliphatic hydroxyl groups is 1. The van der Waals surface area contributed by atoms with E-state index in [1.54, 1.807) is 0 Å². The van der Waals surface area contributed by atoms with E-state index in [9.17, 15) is 43.2 Å². The zero-order chi connectivity index (χ0) is 70.3. The van der Waals surface area contributed by atoms with E-state index in [1.165, 1.54) is 180 Å². The summed E-state index contributed by atoms with van der Waals surface area (Å²) >= 11 is 0. The van der Waals surface area contributed by atoms with E-state index in [1.807, 2.05) is 0 Å². The second-order valence-corrected chi connectivity index (χ2v) is 32.2. The summed E-state index contributed by atoms with van der Waals surface area (Å²) in [6, 6.07) is 0. The number of carbonyl (C=O) groups is 4. The Hall–Kier alpha value is -1.94. The van der Waals surface area contributed by atoms with Gasteiger partial charge in [-0.15, -0.1) is 0 Å². The number of phosphoric acid groups is 2. The van der Waals surface area contributed by atoms with E-state index in [-0.39, 0.29) is 25.7 Å². The summed E-state index contributed by atoms with van der Waals surface area (Å²) in [7, 11) is -9.91. The van der Waals surface area contributed by atoms with Crippen LogP contribution in [0.15, 0.2) is 0 Å². The summed E-state index contributed by atoms with van der Waals surface area (Å²) < 4.78 is 68.5. The normalized spacial score (nSPS) is 14.1. The first-order valence-corrected chi connectivity index (χ1v) is 42.2. The molecule has 564 valence electrons. The summed E-state index contributed by atoms with van der Waals surface area (Å²) in [5, 5.41) is 10.6. The zero-order valence-electron chi connectivity index (χ0n) is 62.3. The average molecular weight is 1400 g/mol. The third-order valence-electron chi connectivity index (χ3n) is 17.6. The lowest BCUT2D eigenvalue weighted by molar-refractivity contribution is -0.161. The standard InChI is InChI=1S/C76H148O17P2/c1-66(2)52-44-36-28-21-16-12-10-9-11-13-18-24-32-40-48-56-73(78)86-62-71(93-76(81)59-51-43-34-26-20-23-30-38-46-54-68(5)6)64-90-94(82,83)88-60-70(77)61-89-95(84,85)91-65-72(63-87-74(79)57-49-41-35-27-31-39-47-55-69(7)8)92-75(80)58-50-42-33-25-19-15-14-17-22-29-37-45-53-67(3)4/h66-72,77H,9-65H2,1-8H3,(H,82,83)(H,84,85)/t70?,71-,72-/m1/s1. The molecule has 0 heterocycles. The number of rotatable bonds is 73. The Bertz CT molecular complexity index is 1870. The van der Waals surface area contributed by atoms with Crippen LogP contribution in [0.1, 0.15) is 383 Å². The monoisotopic (exact) mass is 1400 g/mol. The number of hydrogen-bond acceptors (Lipinski definition) is 15. The van der Waals surface area contributed by atoms with E-state index in [4.69, 9.17) is 37.0 Å². The molecule has 17 nitrogen and oxygen atoms in total. The highest BCUT2D eigenvalue weighted by Gasteiger charge is 2.30. The Kier molecular flexibility index (Phi) is 64.0. The lowest BCUT2D eigenvalue weighted by Crippen LogP contribution is -2.30. The molecule has 0 aliphatic heterocycles. The van der Waals surface area contributed by atoms with Crippen LogP contribution >= 0.6 is 15.6 Å².